The van der Waals surface area contributed by atoms with E-state index in [1.54, 1.807) is 48.8 Å². The Morgan fingerprint density at radius 2 is 1.60 bits per heavy atom. The summed E-state index contributed by atoms with van der Waals surface area (Å²) < 4.78 is 5.94. The second-order valence-electron chi connectivity index (χ2n) is 10.0. The zero-order chi connectivity index (χ0) is 28.2. The highest BCUT2D eigenvalue weighted by molar-refractivity contribution is 6.46. The number of ketones is 1. The molecular formula is C33H31N3O4. The number of rotatable bonds is 8. The number of amides is 1. The summed E-state index contributed by atoms with van der Waals surface area (Å²) in [5, 5.41) is 11.4. The van der Waals surface area contributed by atoms with Gasteiger partial charge < -0.3 is 19.6 Å². The third-order valence-electron chi connectivity index (χ3n) is 7.15. The van der Waals surface area contributed by atoms with E-state index in [4.69, 9.17) is 4.74 Å². The van der Waals surface area contributed by atoms with Crippen molar-refractivity contribution in [3.8, 4) is 5.75 Å². The lowest BCUT2D eigenvalue weighted by Crippen LogP contribution is -2.29. The minimum Gasteiger partial charge on any atom is -0.507 e. The molecule has 3 aromatic carbocycles. The van der Waals surface area contributed by atoms with Crippen LogP contribution < -0.4 is 9.64 Å². The minimum absolute atomic E-state index is 0.0604. The number of anilines is 1. The summed E-state index contributed by atoms with van der Waals surface area (Å²) >= 11 is 0. The number of aliphatic hydroxyl groups is 1. The number of pyridine rings is 1. The molecule has 0 unspecified atom stereocenters. The van der Waals surface area contributed by atoms with Crippen molar-refractivity contribution in [2.75, 3.05) is 19.0 Å². The Hall–Kier alpha value is -4.91. The molecule has 202 valence electrons. The Morgan fingerprint density at radius 3 is 2.25 bits per heavy atom. The highest BCUT2D eigenvalue weighted by Crippen LogP contribution is 2.40. The molecule has 40 heavy (non-hydrogen) atoms. The number of nitrogens with zero attached hydrogens (tertiary/aromatic N) is 3. The van der Waals surface area contributed by atoms with E-state index >= 15 is 0 Å². The normalized spacial score (nSPS) is 16.3. The molecular weight excluding hydrogens is 502 g/mol. The molecule has 1 atom stereocenters. The molecule has 7 nitrogen and oxygen atoms in total. The molecule has 0 bridgehead atoms. The molecule has 1 aliphatic heterocycles. The van der Waals surface area contributed by atoms with E-state index in [1.807, 2.05) is 74.4 Å². The molecule has 1 saturated heterocycles. The zero-order valence-electron chi connectivity index (χ0n) is 22.7. The van der Waals surface area contributed by atoms with Gasteiger partial charge in [0.1, 0.15) is 18.1 Å². The van der Waals surface area contributed by atoms with E-state index in [1.165, 1.54) is 4.90 Å². The van der Waals surface area contributed by atoms with E-state index in [0.717, 1.165) is 27.9 Å². The van der Waals surface area contributed by atoms with Gasteiger partial charge in [0.15, 0.2) is 0 Å². The average molecular weight is 534 g/mol. The number of benzene rings is 3. The fourth-order valence-electron chi connectivity index (χ4n) is 4.83. The van der Waals surface area contributed by atoms with Crippen LogP contribution in [0.3, 0.4) is 0 Å². The first-order valence-electron chi connectivity index (χ1n) is 13.1. The summed E-state index contributed by atoms with van der Waals surface area (Å²) in [6, 6.07) is 25.4. The predicted molar refractivity (Wildman–Crippen MR) is 155 cm³/mol. The summed E-state index contributed by atoms with van der Waals surface area (Å²) in [7, 11) is 3.89. The fraction of sp³-hybridized carbons (Fsp3) is 0.182. The van der Waals surface area contributed by atoms with Gasteiger partial charge in [-0.2, -0.15) is 0 Å². The van der Waals surface area contributed by atoms with Gasteiger partial charge in [0.05, 0.1) is 11.6 Å². The van der Waals surface area contributed by atoms with Crippen LogP contribution in [0, 0.1) is 6.92 Å². The van der Waals surface area contributed by atoms with Crippen molar-refractivity contribution in [1.29, 1.82) is 0 Å². The second-order valence-corrected chi connectivity index (χ2v) is 10.0. The molecule has 4 aromatic rings. The van der Waals surface area contributed by atoms with Crippen molar-refractivity contribution >= 4 is 23.1 Å². The van der Waals surface area contributed by atoms with Crippen LogP contribution >= 0.6 is 0 Å². The maximum atomic E-state index is 13.4. The fourth-order valence-corrected chi connectivity index (χ4v) is 4.83. The van der Waals surface area contributed by atoms with Crippen molar-refractivity contribution in [2.45, 2.75) is 26.1 Å². The lowest BCUT2D eigenvalue weighted by molar-refractivity contribution is -0.140. The molecule has 0 radical (unpaired) electrons. The van der Waals surface area contributed by atoms with Gasteiger partial charge in [0.2, 0.25) is 0 Å². The van der Waals surface area contributed by atoms with Crippen LogP contribution in [-0.4, -0.2) is 40.8 Å². The lowest BCUT2D eigenvalue weighted by Gasteiger charge is -2.26. The smallest absolute Gasteiger partial charge is 0.295 e. The van der Waals surface area contributed by atoms with Crippen molar-refractivity contribution in [1.82, 2.24) is 9.88 Å². The third-order valence-corrected chi connectivity index (χ3v) is 7.15. The number of ether oxygens (including phenoxy) is 1. The Kier molecular flexibility index (Phi) is 7.64. The van der Waals surface area contributed by atoms with E-state index in [9.17, 15) is 14.7 Å². The van der Waals surface area contributed by atoms with Gasteiger partial charge in [0.25, 0.3) is 11.7 Å². The first-order valence-corrected chi connectivity index (χ1v) is 13.1. The number of hydrogen-bond acceptors (Lipinski definition) is 6. The number of carbonyl (C=O) groups is 2. The minimum atomic E-state index is -0.749. The highest BCUT2D eigenvalue weighted by atomic mass is 16.5. The van der Waals surface area contributed by atoms with Crippen LogP contribution in [-0.2, 0) is 22.7 Å². The van der Waals surface area contributed by atoms with Gasteiger partial charge in [-0.1, -0.05) is 36.4 Å². The van der Waals surface area contributed by atoms with Gasteiger partial charge in [0, 0.05) is 44.3 Å². The maximum Gasteiger partial charge on any atom is 0.295 e. The number of aryl methyl sites for hydroxylation is 1. The summed E-state index contributed by atoms with van der Waals surface area (Å²) in [5.74, 6) is -0.956. The van der Waals surface area contributed by atoms with Crippen LogP contribution in [0.4, 0.5) is 5.69 Å². The topological polar surface area (TPSA) is 83.0 Å². The molecule has 1 aliphatic rings. The standard InChI is InChI=1S/C33H31N3O4/c1-22-6-4-5-7-26(22)21-40-28-14-10-25(11-15-28)31(37)29-30(24-8-12-27(13-9-24)35(2)3)36(33(39)32(29)38)20-23-16-18-34-19-17-23/h4-19,30,37H,20-21H2,1-3H3/b31-29+/t30-/m0/s1. The third kappa shape index (κ3) is 5.45. The quantitative estimate of drug-likeness (QED) is 0.179. The number of hydrogen-bond donors (Lipinski definition) is 1. The van der Waals surface area contributed by atoms with Crippen LogP contribution in [0.1, 0.15) is 33.9 Å². The van der Waals surface area contributed by atoms with Crippen LogP contribution in [0.2, 0.25) is 0 Å². The molecule has 1 amide bonds. The number of Topliss-reactive ketones (excluding diaryl/α,β-unsaturated/α-hetero) is 1. The van der Waals surface area contributed by atoms with Crippen LogP contribution in [0.5, 0.6) is 5.75 Å². The van der Waals surface area contributed by atoms with Gasteiger partial charge >= 0.3 is 0 Å². The van der Waals surface area contributed by atoms with Gasteiger partial charge in [-0.05, 0) is 77.7 Å². The van der Waals surface area contributed by atoms with E-state index in [0.29, 0.717) is 17.9 Å². The molecule has 1 fully saturated rings. The first-order chi connectivity index (χ1) is 19.3. The Labute approximate surface area is 234 Å². The zero-order valence-corrected chi connectivity index (χ0v) is 22.7. The van der Waals surface area contributed by atoms with E-state index in [-0.39, 0.29) is 17.9 Å². The number of likely N-dealkylation sites (tertiary alicyclic amines) is 1. The van der Waals surface area contributed by atoms with E-state index in [2.05, 4.69) is 4.98 Å². The highest BCUT2D eigenvalue weighted by Gasteiger charge is 2.46. The lowest BCUT2D eigenvalue weighted by atomic mass is 9.95. The molecule has 0 saturated carbocycles. The molecule has 0 spiro atoms. The first kappa shape index (κ1) is 26.7. The van der Waals surface area contributed by atoms with Gasteiger partial charge in [-0.25, -0.2) is 0 Å². The second kappa shape index (κ2) is 11.5. The average Bonchev–Trinajstić information content (AvgIpc) is 3.22. The Balaban J connectivity index is 1.48. The summed E-state index contributed by atoms with van der Waals surface area (Å²) in [6.07, 6.45) is 3.30. The summed E-state index contributed by atoms with van der Waals surface area (Å²) in [6.45, 7) is 2.66. The number of aliphatic hydroxyl groups excluding tert-OH is 1. The molecule has 1 N–H and O–H groups in total. The van der Waals surface area contributed by atoms with Crippen LogP contribution in [0.25, 0.3) is 5.76 Å². The predicted octanol–water partition coefficient (Wildman–Crippen LogP) is 5.66. The molecule has 7 heteroatoms. The Bertz CT molecular complexity index is 1550. The molecule has 5 rings (SSSR count). The Morgan fingerprint density at radius 1 is 0.925 bits per heavy atom. The molecule has 1 aromatic heterocycles. The SMILES string of the molecule is Cc1ccccc1COc1ccc(/C(O)=C2\C(=O)C(=O)N(Cc3ccncc3)[C@H]2c2ccc(N(C)C)cc2)cc1. The van der Waals surface area contributed by atoms with Crippen molar-refractivity contribution < 1.29 is 19.4 Å². The maximum absolute atomic E-state index is 13.4. The summed E-state index contributed by atoms with van der Waals surface area (Å²) in [4.78, 5) is 34.2. The molecule has 0 aliphatic carbocycles. The van der Waals surface area contributed by atoms with Crippen molar-refractivity contribution in [3.05, 3.63) is 131 Å². The van der Waals surface area contributed by atoms with Crippen molar-refractivity contribution in [2.24, 2.45) is 0 Å². The summed E-state index contributed by atoms with van der Waals surface area (Å²) in [5.41, 5.74) is 5.28. The largest absolute Gasteiger partial charge is 0.507 e. The van der Waals surface area contributed by atoms with Gasteiger partial charge in [-0.3, -0.25) is 14.6 Å². The van der Waals surface area contributed by atoms with E-state index < -0.39 is 17.7 Å². The number of carbonyl (C=O) groups excluding carboxylic acids is 2. The van der Waals surface area contributed by atoms with Gasteiger partial charge in [-0.15, -0.1) is 0 Å². The van der Waals surface area contributed by atoms with Crippen molar-refractivity contribution in [3.63, 3.8) is 0 Å². The number of aromatic nitrogens is 1. The monoisotopic (exact) mass is 533 g/mol. The van der Waals surface area contributed by atoms with Crippen LogP contribution in [0.15, 0.2) is 103 Å². The molecule has 2 heterocycles.